The number of nitriles is 1. The van der Waals surface area contributed by atoms with Crippen LogP contribution in [0.3, 0.4) is 0 Å². The van der Waals surface area contributed by atoms with Crippen molar-refractivity contribution in [2.75, 3.05) is 6.61 Å². The lowest BCUT2D eigenvalue weighted by atomic mass is 9.94. The smallest absolute Gasteiger partial charge is 0.317 e. The second-order valence-electron chi connectivity index (χ2n) is 4.74. The number of ether oxygens (including phenoxy) is 1. The molecule has 0 amide bonds. The van der Waals surface area contributed by atoms with Gasteiger partial charge in [-0.25, -0.2) is 4.98 Å². The van der Waals surface area contributed by atoms with Crippen LogP contribution in [0.2, 0.25) is 0 Å². The van der Waals surface area contributed by atoms with Gasteiger partial charge in [0.15, 0.2) is 0 Å². The number of rotatable bonds is 6. The second-order valence-corrected chi connectivity index (χ2v) is 4.74. The molecule has 106 valence electrons. The summed E-state index contributed by atoms with van der Waals surface area (Å²) in [5.74, 6) is -1.39. The molecule has 2 unspecified atom stereocenters. The highest BCUT2D eigenvalue weighted by atomic mass is 16.5. The van der Waals surface area contributed by atoms with Gasteiger partial charge < -0.3 is 14.4 Å². The van der Waals surface area contributed by atoms with Crippen LogP contribution in [0, 0.1) is 17.2 Å². The van der Waals surface area contributed by atoms with Gasteiger partial charge in [0.1, 0.15) is 17.8 Å². The van der Waals surface area contributed by atoms with Crippen LogP contribution in [0.5, 0.6) is 0 Å². The molecule has 2 rings (SSSR count). The Morgan fingerprint density at radius 3 is 3.00 bits per heavy atom. The average molecular weight is 275 g/mol. The van der Waals surface area contributed by atoms with Crippen molar-refractivity contribution >= 4 is 5.97 Å². The number of aromatic nitrogens is 2. The van der Waals surface area contributed by atoms with Crippen molar-refractivity contribution in [3.63, 3.8) is 0 Å². The number of hydrogen-bond acceptors (Lipinski definition) is 5. The van der Waals surface area contributed by atoms with Crippen molar-refractivity contribution in [1.82, 2.24) is 9.55 Å². The zero-order valence-electron chi connectivity index (χ0n) is 11.3. The lowest BCUT2D eigenvalue weighted by molar-refractivity contribution is -0.150. The number of carbonyl (C=O) groups excluding carboxylic acids is 1. The van der Waals surface area contributed by atoms with E-state index in [0.29, 0.717) is 11.9 Å². The van der Waals surface area contributed by atoms with E-state index in [1.165, 1.54) is 0 Å². The number of imidazole rings is 1. The maximum absolute atomic E-state index is 11.9. The Hall–Kier alpha value is -2.13. The number of nitrogens with zero attached hydrogens (tertiary/aromatic N) is 3. The normalized spacial score (nSPS) is 17.1. The minimum atomic E-state index is -1.23. The molecule has 6 nitrogen and oxygen atoms in total. The maximum Gasteiger partial charge on any atom is 0.317 e. The average Bonchev–Trinajstić information content (AvgIpc) is 3.16. The molecule has 1 fully saturated rings. The Morgan fingerprint density at radius 2 is 2.45 bits per heavy atom. The van der Waals surface area contributed by atoms with Crippen molar-refractivity contribution in [2.45, 2.75) is 31.9 Å². The second kappa shape index (κ2) is 5.88. The van der Waals surface area contributed by atoms with Gasteiger partial charge in [-0.1, -0.05) is 6.58 Å². The van der Waals surface area contributed by atoms with E-state index < -0.39 is 18.0 Å². The van der Waals surface area contributed by atoms with Gasteiger partial charge in [-0.05, 0) is 19.8 Å². The fourth-order valence-corrected chi connectivity index (χ4v) is 2.13. The van der Waals surface area contributed by atoms with Crippen LogP contribution in [-0.4, -0.2) is 27.2 Å². The lowest BCUT2D eigenvalue weighted by Crippen LogP contribution is -2.27. The molecular weight excluding hydrogens is 258 g/mol. The number of aliphatic hydroxyl groups is 1. The van der Waals surface area contributed by atoms with Crippen molar-refractivity contribution in [3.8, 4) is 6.07 Å². The van der Waals surface area contributed by atoms with Crippen LogP contribution < -0.4 is 0 Å². The van der Waals surface area contributed by atoms with E-state index in [1.54, 1.807) is 19.3 Å². The maximum atomic E-state index is 11.9. The highest BCUT2D eigenvalue weighted by molar-refractivity contribution is 5.77. The van der Waals surface area contributed by atoms with Gasteiger partial charge in [-0.15, -0.1) is 0 Å². The molecule has 0 radical (unpaired) electrons. The van der Waals surface area contributed by atoms with E-state index in [0.717, 1.165) is 12.8 Å². The molecule has 2 atom stereocenters. The van der Waals surface area contributed by atoms with Crippen molar-refractivity contribution < 1.29 is 14.6 Å². The first-order valence-corrected chi connectivity index (χ1v) is 6.56. The summed E-state index contributed by atoms with van der Waals surface area (Å²) in [4.78, 5) is 16.1. The summed E-state index contributed by atoms with van der Waals surface area (Å²) < 4.78 is 6.76. The summed E-state index contributed by atoms with van der Waals surface area (Å²) in [6, 6.07) is 2.14. The summed E-state index contributed by atoms with van der Waals surface area (Å²) in [6.45, 7) is 5.39. The lowest BCUT2D eigenvalue weighted by Gasteiger charge is -2.20. The minimum Gasteiger partial charge on any atom is -0.465 e. The van der Waals surface area contributed by atoms with Gasteiger partial charge in [0.2, 0.25) is 0 Å². The van der Waals surface area contributed by atoms with E-state index in [-0.39, 0.29) is 12.2 Å². The van der Waals surface area contributed by atoms with E-state index in [9.17, 15) is 9.90 Å². The quantitative estimate of drug-likeness (QED) is 0.628. The monoisotopic (exact) mass is 275 g/mol. The fraction of sp³-hybridized carbons (Fsp3) is 0.500. The van der Waals surface area contributed by atoms with Crippen LogP contribution >= 0.6 is 0 Å². The Bertz CT molecular complexity index is 554. The Balaban J connectivity index is 2.28. The van der Waals surface area contributed by atoms with Gasteiger partial charge in [-0.3, -0.25) is 4.79 Å². The van der Waals surface area contributed by atoms with E-state index in [4.69, 9.17) is 10.00 Å². The largest absolute Gasteiger partial charge is 0.465 e. The van der Waals surface area contributed by atoms with Gasteiger partial charge in [-0.2, -0.15) is 5.26 Å². The molecule has 6 heteroatoms. The summed E-state index contributed by atoms with van der Waals surface area (Å²) in [6.07, 6.45) is 4.18. The highest BCUT2D eigenvalue weighted by Gasteiger charge is 2.37. The van der Waals surface area contributed by atoms with E-state index in [1.807, 2.05) is 10.6 Å². The van der Waals surface area contributed by atoms with Gasteiger partial charge >= 0.3 is 5.97 Å². The van der Waals surface area contributed by atoms with Gasteiger partial charge in [0.05, 0.1) is 12.7 Å². The minimum absolute atomic E-state index is 0.0266. The SMILES string of the molecule is C=C(C#N)C(C(=O)OCC)C(O)c1nccn1C1CC1. The number of esters is 1. The highest BCUT2D eigenvalue weighted by Crippen LogP contribution is 2.38. The van der Waals surface area contributed by atoms with Crippen LogP contribution in [0.15, 0.2) is 24.5 Å². The van der Waals surface area contributed by atoms with Crippen molar-refractivity contribution in [2.24, 2.45) is 5.92 Å². The summed E-state index contributed by atoms with van der Waals surface area (Å²) in [7, 11) is 0. The summed E-state index contributed by atoms with van der Waals surface area (Å²) >= 11 is 0. The predicted molar refractivity (Wildman–Crippen MR) is 70.3 cm³/mol. The molecule has 0 spiro atoms. The van der Waals surface area contributed by atoms with Crippen LogP contribution in [0.25, 0.3) is 0 Å². The van der Waals surface area contributed by atoms with Crippen LogP contribution in [-0.2, 0) is 9.53 Å². The molecule has 1 aromatic heterocycles. The van der Waals surface area contributed by atoms with E-state index in [2.05, 4.69) is 11.6 Å². The van der Waals surface area contributed by atoms with Crippen LogP contribution in [0.1, 0.15) is 37.7 Å². The Morgan fingerprint density at radius 1 is 1.75 bits per heavy atom. The van der Waals surface area contributed by atoms with Crippen molar-refractivity contribution in [1.29, 1.82) is 5.26 Å². The fourth-order valence-electron chi connectivity index (χ4n) is 2.13. The first-order chi connectivity index (χ1) is 9.60. The number of carbonyl (C=O) groups is 1. The standard InChI is InChI=1S/C14H17N3O3/c1-3-20-14(19)11(9(2)8-15)12(18)13-16-6-7-17(13)10-4-5-10/h6-7,10-12,18H,2-5H2,1H3. The van der Waals surface area contributed by atoms with E-state index >= 15 is 0 Å². The molecule has 1 aliphatic carbocycles. The first-order valence-electron chi connectivity index (χ1n) is 6.56. The molecule has 20 heavy (non-hydrogen) atoms. The number of hydrogen-bond donors (Lipinski definition) is 1. The summed E-state index contributed by atoms with van der Waals surface area (Å²) in [5.41, 5.74) is -0.0266. The molecule has 1 heterocycles. The Kier molecular flexibility index (Phi) is 4.20. The molecule has 1 aromatic rings. The van der Waals surface area contributed by atoms with Crippen LogP contribution in [0.4, 0.5) is 0 Å². The molecular formula is C14H17N3O3. The third-order valence-corrected chi connectivity index (χ3v) is 3.28. The van der Waals surface area contributed by atoms with Crippen molar-refractivity contribution in [3.05, 3.63) is 30.4 Å². The molecule has 1 aliphatic rings. The Labute approximate surface area is 117 Å². The number of aliphatic hydroxyl groups excluding tert-OH is 1. The molecule has 0 bridgehead atoms. The molecule has 0 aromatic carbocycles. The molecule has 0 aliphatic heterocycles. The molecule has 0 saturated heterocycles. The van der Waals surface area contributed by atoms with Gasteiger partial charge in [0.25, 0.3) is 0 Å². The third-order valence-electron chi connectivity index (χ3n) is 3.28. The zero-order valence-corrected chi connectivity index (χ0v) is 11.3. The summed E-state index contributed by atoms with van der Waals surface area (Å²) in [5, 5.41) is 19.4. The molecule has 1 saturated carbocycles. The third kappa shape index (κ3) is 2.73. The topological polar surface area (TPSA) is 88.1 Å². The zero-order chi connectivity index (χ0) is 14.7. The predicted octanol–water partition coefficient (Wildman–Crippen LogP) is 1.51. The van der Waals surface area contributed by atoms with Gasteiger partial charge in [0, 0.05) is 24.0 Å². The molecule has 1 N–H and O–H groups in total. The first kappa shape index (κ1) is 14.3.